The van der Waals surface area contributed by atoms with E-state index < -0.39 is 21.6 Å². The number of benzene rings is 1. The molecular formula is C16H28ClN3O3S2. The minimum atomic E-state index is -3.68. The van der Waals surface area contributed by atoms with Crippen LogP contribution in [0.4, 0.5) is 5.69 Å². The average molecular weight is 410 g/mol. The van der Waals surface area contributed by atoms with Gasteiger partial charge in [-0.25, -0.2) is 13.1 Å². The van der Waals surface area contributed by atoms with Crippen molar-refractivity contribution in [2.24, 2.45) is 5.73 Å². The second kappa shape index (κ2) is 9.78. The average Bonchev–Trinajstić information content (AvgIpc) is 2.43. The van der Waals surface area contributed by atoms with Crippen LogP contribution in [0.5, 0.6) is 0 Å². The zero-order valence-electron chi connectivity index (χ0n) is 15.3. The number of hydrogen-bond acceptors (Lipinski definition) is 5. The maximum atomic E-state index is 12.5. The fraction of sp³-hybridized carbons (Fsp3) is 0.562. The topological polar surface area (TPSA) is 101 Å². The molecule has 4 N–H and O–H groups in total. The van der Waals surface area contributed by atoms with E-state index in [1.54, 1.807) is 51.6 Å². The van der Waals surface area contributed by atoms with Crippen molar-refractivity contribution in [3.63, 3.8) is 0 Å². The third-order valence-corrected chi connectivity index (χ3v) is 5.70. The third-order valence-electron chi connectivity index (χ3n) is 3.16. The first-order chi connectivity index (χ1) is 11.0. The van der Waals surface area contributed by atoms with Gasteiger partial charge in [0.2, 0.25) is 15.9 Å². The molecule has 1 amide bonds. The van der Waals surface area contributed by atoms with E-state index in [2.05, 4.69) is 10.0 Å². The summed E-state index contributed by atoms with van der Waals surface area (Å²) in [4.78, 5) is 12.2. The summed E-state index contributed by atoms with van der Waals surface area (Å²) in [6.07, 6.45) is 2.51. The molecule has 0 aromatic heterocycles. The lowest BCUT2D eigenvalue weighted by Gasteiger charge is -2.21. The molecule has 0 unspecified atom stereocenters. The van der Waals surface area contributed by atoms with Crippen molar-refractivity contribution in [1.82, 2.24) is 4.72 Å². The van der Waals surface area contributed by atoms with Crippen molar-refractivity contribution in [2.75, 3.05) is 17.3 Å². The van der Waals surface area contributed by atoms with Crippen LogP contribution in [-0.4, -0.2) is 37.9 Å². The number of aryl methyl sites for hydroxylation is 1. The lowest BCUT2D eigenvalue weighted by Crippen LogP contribution is -2.40. The van der Waals surface area contributed by atoms with E-state index in [1.165, 1.54) is 6.07 Å². The highest BCUT2D eigenvalue weighted by Crippen LogP contribution is 2.22. The largest absolute Gasteiger partial charge is 0.325 e. The highest BCUT2D eigenvalue weighted by atomic mass is 35.5. The highest BCUT2D eigenvalue weighted by molar-refractivity contribution is 7.98. The van der Waals surface area contributed by atoms with Gasteiger partial charge in [-0.2, -0.15) is 11.8 Å². The van der Waals surface area contributed by atoms with Gasteiger partial charge in [0, 0.05) is 11.2 Å². The molecule has 0 fully saturated rings. The van der Waals surface area contributed by atoms with Crippen molar-refractivity contribution in [3.8, 4) is 0 Å². The minimum absolute atomic E-state index is 0. The Bertz CT molecular complexity index is 688. The molecule has 0 aliphatic heterocycles. The van der Waals surface area contributed by atoms with Crippen molar-refractivity contribution in [1.29, 1.82) is 0 Å². The molecule has 0 spiro atoms. The number of halogens is 1. The molecule has 1 atom stereocenters. The molecule has 0 saturated carbocycles. The van der Waals surface area contributed by atoms with Crippen LogP contribution in [0.25, 0.3) is 0 Å². The van der Waals surface area contributed by atoms with Gasteiger partial charge in [-0.15, -0.1) is 12.4 Å². The molecule has 0 heterocycles. The summed E-state index contributed by atoms with van der Waals surface area (Å²) in [5, 5.41) is 2.69. The molecule has 1 rings (SSSR count). The molecule has 0 aliphatic rings. The van der Waals surface area contributed by atoms with Gasteiger partial charge in [0.05, 0.1) is 10.9 Å². The van der Waals surface area contributed by atoms with Crippen LogP contribution in [0, 0.1) is 6.92 Å². The standard InChI is InChI=1S/C16H27N3O3S2.ClH/c1-11-6-7-12(18-15(20)13(17)8-9-23-5)10-14(11)24(21,22)19-16(2,3)4;/h6-7,10,13,19H,8-9,17H2,1-5H3,(H,18,20);1H/t13-;/m0./s1. The van der Waals surface area contributed by atoms with Crippen molar-refractivity contribution >= 4 is 45.8 Å². The summed E-state index contributed by atoms with van der Waals surface area (Å²) >= 11 is 1.62. The maximum absolute atomic E-state index is 12.5. The Morgan fingerprint density at radius 2 is 1.92 bits per heavy atom. The third kappa shape index (κ3) is 7.96. The van der Waals surface area contributed by atoms with Gasteiger partial charge in [0.15, 0.2) is 0 Å². The Labute approximate surface area is 161 Å². The van der Waals surface area contributed by atoms with Gasteiger partial charge in [0.25, 0.3) is 0 Å². The molecule has 1 aromatic carbocycles. The molecule has 0 saturated heterocycles. The predicted octanol–water partition coefficient (Wildman–Crippen LogP) is 2.51. The number of sulfonamides is 1. The van der Waals surface area contributed by atoms with Gasteiger partial charge >= 0.3 is 0 Å². The highest BCUT2D eigenvalue weighted by Gasteiger charge is 2.24. The van der Waals surface area contributed by atoms with Crippen LogP contribution in [0.3, 0.4) is 0 Å². The monoisotopic (exact) mass is 409 g/mol. The number of anilines is 1. The van der Waals surface area contributed by atoms with E-state index in [0.717, 1.165) is 5.75 Å². The molecule has 1 aromatic rings. The predicted molar refractivity (Wildman–Crippen MR) is 108 cm³/mol. The SMILES string of the molecule is CSCC[C@H](N)C(=O)Nc1ccc(C)c(S(=O)(=O)NC(C)(C)C)c1.Cl. The van der Waals surface area contributed by atoms with E-state index in [-0.39, 0.29) is 23.2 Å². The number of hydrogen-bond donors (Lipinski definition) is 3. The van der Waals surface area contributed by atoms with Gasteiger partial charge in [-0.3, -0.25) is 4.79 Å². The maximum Gasteiger partial charge on any atom is 0.241 e. The molecule has 0 bridgehead atoms. The zero-order valence-corrected chi connectivity index (χ0v) is 17.7. The summed E-state index contributed by atoms with van der Waals surface area (Å²) in [5.74, 6) is 0.470. The van der Waals surface area contributed by atoms with E-state index >= 15 is 0 Å². The van der Waals surface area contributed by atoms with E-state index in [4.69, 9.17) is 5.73 Å². The zero-order chi connectivity index (χ0) is 18.5. The first-order valence-electron chi connectivity index (χ1n) is 7.66. The Hall–Kier alpha value is -0.800. The quantitative estimate of drug-likeness (QED) is 0.642. The first kappa shape index (κ1) is 24.2. The molecule has 25 heavy (non-hydrogen) atoms. The van der Waals surface area contributed by atoms with Crippen LogP contribution in [0.15, 0.2) is 23.1 Å². The normalized spacial score (nSPS) is 13.0. The summed E-state index contributed by atoms with van der Waals surface area (Å²) < 4.78 is 27.7. The number of nitrogens with one attached hydrogen (secondary N) is 2. The fourth-order valence-electron chi connectivity index (χ4n) is 2.04. The van der Waals surface area contributed by atoms with E-state index in [0.29, 0.717) is 17.7 Å². The molecule has 0 aliphatic carbocycles. The number of nitrogens with two attached hydrogens (primary N) is 1. The lowest BCUT2D eigenvalue weighted by atomic mass is 10.1. The first-order valence-corrected chi connectivity index (χ1v) is 10.5. The van der Waals surface area contributed by atoms with Crippen LogP contribution in [0.1, 0.15) is 32.8 Å². The molecule has 9 heteroatoms. The summed E-state index contributed by atoms with van der Waals surface area (Å²) in [6.45, 7) is 7.04. The van der Waals surface area contributed by atoms with Crippen LogP contribution in [0.2, 0.25) is 0 Å². The summed E-state index contributed by atoms with van der Waals surface area (Å²) in [7, 11) is -3.68. The Kier molecular flexibility index (Phi) is 9.46. The number of carbonyl (C=O) groups excluding carboxylic acids is 1. The van der Waals surface area contributed by atoms with Crippen molar-refractivity contribution < 1.29 is 13.2 Å². The van der Waals surface area contributed by atoms with E-state index in [9.17, 15) is 13.2 Å². The Morgan fingerprint density at radius 3 is 2.44 bits per heavy atom. The molecule has 0 radical (unpaired) electrons. The second-order valence-corrected chi connectivity index (χ2v) is 9.35. The smallest absolute Gasteiger partial charge is 0.241 e. The van der Waals surface area contributed by atoms with Gasteiger partial charge in [-0.1, -0.05) is 6.07 Å². The number of rotatable bonds is 7. The number of carbonyl (C=O) groups is 1. The van der Waals surface area contributed by atoms with Crippen molar-refractivity contribution in [3.05, 3.63) is 23.8 Å². The molecular weight excluding hydrogens is 382 g/mol. The minimum Gasteiger partial charge on any atom is -0.325 e. The van der Waals surface area contributed by atoms with Crippen LogP contribution < -0.4 is 15.8 Å². The number of amides is 1. The van der Waals surface area contributed by atoms with Crippen LogP contribution >= 0.6 is 24.2 Å². The fourth-order valence-corrected chi connectivity index (χ4v) is 4.22. The van der Waals surface area contributed by atoms with E-state index in [1.807, 2.05) is 6.26 Å². The summed E-state index contributed by atoms with van der Waals surface area (Å²) in [5.41, 5.74) is 6.26. The Balaban J connectivity index is 0.00000576. The lowest BCUT2D eigenvalue weighted by molar-refractivity contribution is -0.117. The second-order valence-electron chi connectivity index (χ2n) is 6.71. The number of thioether (sulfide) groups is 1. The van der Waals surface area contributed by atoms with Gasteiger partial charge in [-0.05, 0) is 63.8 Å². The molecule has 6 nitrogen and oxygen atoms in total. The van der Waals surface area contributed by atoms with Gasteiger partial charge in [0.1, 0.15) is 0 Å². The van der Waals surface area contributed by atoms with Crippen LogP contribution in [-0.2, 0) is 14.8 Å². The molecule has 144 valence electrons. The van der Waals surface area contributed by atoms with Gasteiger partial charge < -0.3 is 11.1 Å². The van der Waals surface area contributed by atoms with Crippen molar-refractivity contribution in [2.45, 2.75) is 50.6 Å². The summed E-state index contributed by atoms with van der Waals surface area (Å²) in [6, 6.07) is 4.18. The Morgan fingerprint density at radius 1 is 1.32 bits per heavy atom.